The maximum atomic E-state index is 14.0. The topological polar surface area (TPSA) is 79.9 Å². The number of cyclic esters (lactones) is 1. The number of carbonyl (C=O) groups is 2. The summed E-state index contributed by atoms with van der Waals surface area (Å²) in [4.78, 5) is 25.1. The van der Waals surface area contributed by atoms with Crippen molar-refractivity contribution in [1.82, 2.24) is 15.8 Å². The zero-order valence-corrected chi connectivity index (χ0v) is 20.3. The number of carbonyl (C=O) groups excluding carboxylic acids is 2. The number of halogens is 1. The summed E-state index contributed by atoms with van der Waals surface area (Å²) >= 11 is 0. The molecule has 2 aliphatic heterocycles. The Morgan fingerprint density at radius 1 is 1.32 bits per heavy atom. The van der Waals surface area contributed by atoms with Gasteiger partial charge in [0.15, 0.2) is 8.32 Å². The maximum Gasteiger partial charge on any atom is 0.407 e. The predicted octanol–water partition coefficient (Wildman–Crippen LogP) is 3.32. The summed E-state index contributed by atoms with van der Waals surface area (Å²) in [5, 5.41) is 4.55. The average molecular weight is 452 g/mol. The molecule has 1 aromatic carbocycles. The molecule has 3 unspecified atom stereocenters. The first kappa shape index (κ1) is 23.7. The monoisotopic (exact) mass is 451 g/mol. The van der Waals surface area contributed by atoms with E-state index >= 15 is 0 Å². The van der Waals surface area contributed by atoms with Crippen molar-refractivity contribution in [2.45, 2.75) is 69.9 Å². The molecule has 3 rings (SSSR count). The van der Waals surface area contributed by atoms with E-state index in [0.29, 0.717) is 18.7 Å². The van der Waals surface area contributed by atoms with Gasteiger partial charge in [-0.05, 0) is 49.2 Å². The highest BCUT2D eigenvalue weighted by molar-refractivity contribution is 6.74. The van der Waals surface area contributed by atoms with E-state index in [9.17, 15) is 14.0 Å². The molecule has 3 atom stereocenters. The van der Waals surface area contributed by atoms with Gasteiger partial charge in [0.1, 0.15) is 17.3 Å². The minimum absolute atomic E-state index is 0.0487. The van der Waals surface area contributed by atoms with Crippen LogP contribution in [-0.2, 0) is 19.4 Å². The van der Waals surface area contributed by atoms with E-state index in [2.05, 4.69) is 44.6 Å². The highest BCUT2D eigenvalue weighted by Crippen LogP contribution is 2.38. The Bertz CT molecular complexity index is 844. The van der Waals surface area contributed by atoms with Crippen LogP contribution in [0.1, 0.15) is 39.7 Å². The first-order valence-corrected chi connectivity index (χ1v) is 13.7. The van der Waals surface area contributed by atoms with E-state index in [1.165, 1.54) is 12.1 Å². The molecule has 0 aromatic heterocycles. The van der Waals surface area contributed by atoms with Gasteiger partial charge in [-0.1, -0.05) is 32.9 Å². The fraction of sp³-hybridized carbons (Fsp3) is 0.636. The Morgan fingerprint density at radius 3 is 2.61 bits per heavy atom. The highest BCUT2D eigenvalue weighted by atomic mass is 28.4. The fourth-order valence-electron chi connectivity index (χ4n) is 3.76. The molecule has 2 saturated heterocycles. The smallest absolute Gasteiger partial charge is 0.407 e. The van der Waals surface area contributed by atoms with Crippen LogP contribution >= 0.6 is 0 Å². The molecule has 2 amide bonds. The van der Waals surface area contributed by atoms with Crippen LogP contribution in [0.3, 0.4) is 0 Å². The van der Waals surface area contributed by atoms with Gasteiger partial charge in [-0.3, -0.25) is 10.2 Å². The lowest BCUT2D eigenvalue weighted by molar-refractivity contribution is -0.134. The average Bonchev–Trinajstić information content (AvgIpc) is 3.28. The van der Waals surface area contributed by atoms with Gasteiger partial charge >= 0.3 is 6.09 Å². The zero-order valence-electron chi connectivity index (χ0n) is 19.3. The number of amides is 2. The summed E-state index contributed by atoms with van der Waals surface area (Å²) in [5.41, 5.74) is 2.18. The Hall–Kier alpha value is -1.97. The van der Waals surface area contributed by atoms with Crippen LogP contribution in [0.25, 0.3) is 0 Å². The second-order valence-corrected chi connectivity index (χ2v) is 14.9. The molecule has 0 saturated carbocycles. The third kappa shape index (κ3) is 4.93. The Balaban J connectivity index is 1.74. The van der Waals surface area contributed by atoms with Crippen molar-refractivity contribution in [2.75, 3.05) is 19.6 Å². The van der Waals surface area contributed by atoms with E-state index in [1.807, 2.05) is 5.01 Å². The highest BCUT2D eigenvalue weighted by Gasteiger charge is 2.49. The molecule has 2 heterocycles. The van der Waals surface area contributed by atoms with Crippen molar-refractivity contribution in [2.24, 2.45) is 0 Å². The van der Waals surface area contributed by atoms with E-state index in [4.69, 9.17) is 9.16 Å². The SMILES string of the molecule is CC(C(=O)NN1CCC(O[Si](C)(C)C(C)(C)C)C1)(c1cccc(F)c1)C1CNC(=O)O1. The Labute approximate surface area is 184 Å². The summed E-state index contributed by atoms with van der Waals surface area (Å²) in [5.74, 6) is -0.787. The van der Waals surface area contributed by atoms with Gasteiger partial charge in [-0.15, -0.1) is 0 Å². The van der Waals surface area contributed by atoms with Gasteiger partial charge < -0.3 is 14.5 Å². The Morgan fingerprint density at radius 2 is 2.03 bits per heavy atom. The van der Waals surface area contributed by atoms with E-state index < -0.39 is 31.7 Å². The first-order valence-electron chi connectivity index (χ1n) is 10.8. The summed E-state index contributed by atoms with van der Waals surface area (Å²) in [6.45, 7) is 14.2. The van der Waals surface area contributed by atoms with Crippen LogP contribution in [0.5, 0.6) is 0 Å². The van der Waals surface area contributed by atoms with Crippen molar-refractivity contribution in [1.29, 1.82) is 0 Å². The summed E-state index contributed by atoms with van der Waals surface area (Å²) in [6, 6.07) is 5.88. The molecule has 7 nitrogen and oxygen atoms in total. The third-order valence-electron chi connectivity index (χ3n) is 6.89. The quantitative estimate of drug-likeness (QED) is 0.649. The molecule has 31 heavy (non-hydrogen) atoms. The number of nitrogens with one attached hydrogen (secondary N) is 2. The van der Waals surface area contributed by atoms with Gasteiger partial charge in [0.05, 0.1) is 12.6 Å². The zero-order chi connectivity index (χ0) is 23.0. The van der Waals surface area contributed by atoms with Crippen molar-refractivity contribution in [3.05, 3.63) is 35.6 Å². The van der Waals surface area contributed by atoms with Crippen molar-refractivity contribution in [3.8, 4) is 0 Å². The summed E-state index contributed by atoms with van der Waals surface area (Å²) in [6.07, 6.45) is -0.454. The number of hydrazine groups is 1. The molecule has 0 bridgehead atoms. The van der Waals surface area contributed by atoms with Gasteiger partial charge in [0, 0.05) is 13.1 Å². The van der Waals surface area contributed by atoms with E-state index in [-0.39, 0.29) is 23.6 Å². The normalized spacial score (nSPS) is 24.4. The molecule has 0 spiro atoms. The largest absolute Gasteiger partial charge is 0.443 e. The number of nitrogens with zero attached hydrogens (tertiary/aromatic N) is 1. The molecule has 0 aliphatic carbocycles. The third-order valence-corrected chi connectivity index (χ3v) is 11.4. The molecule has 2 aliphatic rings. The van der Waals surface area contributed by atoms with Gasteiger partial charge in [0.25, 0.3) is 0 Å². The van der Waals surface area contributed by atoms with Crippen LogP contribution in [0.4, 0.5) is 9.18 Å². The van der Waals surface area contributed by atoms with E-state index in [0.717, 1.165) is 6.42 Å². The molecule has 1 aromatic rings. The molecular weight excluding hydrogens is 417 g/mol. The van der Waals surface area contributed by atoms with Gasteiger partial charge in [-0.2, -0.15) is 0 Å². The van der Waals surface area contributed by atoms with Crippen LogP contribution in [0, 0.1) is 5.82 Å². The van der Waals surface area contributed by atoms with Crippen LogP contribution in [0.2, 0.25) is 18.1 Å². The molecule has 2 fully saturated rings. The Kier molecular flexibility index (Phi) is 6.51. The molecular formula is C22H34FN3O4Si. The van der Waals surface area contributed by atoms with Crippen LogP contribution < -0.4 is 10.7 Å². The second kappa shape index (κ2) is 8.52. The minimum atomic E-state index is -1.91. The number of ether oxygens (including phenoxy) is 1. The lowest BCUT2D eigenvalue weighted by atomic mass is 9.76. The van der Waals surface area contributed by atoms with Crippen LogP contribution in [0.15, 0.2) is 24.3 Å². The summed E-state index contributed by atoms with van der Waals surface area (Å²) in [7, 11) is -1.91. The molecule has 0 radical (unpaired) electrons. The number of hydrogen-bond donors (Lipinski definition) is 2. The van der Waals surface area contributed by atoms with Crippen LogP contribution in [-0.4, -0.2) is 57.2 Å². The number of rotatable bonds is 6. The number of alkyl carbamates (subject to hydrolysis) is 1. The number of hydrogen-bond acceptors (Lipinski definition) is 5. The lowest BCUT2D eigenvalue weighted by Gasteiger charge is -2.38. The van der Waals surface area contributed by atoms with Gasteiger partial charge in [0.2, 0.25) is 5.91 Å². The maximum absolute atomic E-state index is 14.0. The fourth-order valence-corrected chi connectivity index (χ4v) is 5.14. The summed E-state index contributed by atoms with van der Waals surface area (Å²) < 4.78 is 25.8. The second-order valence-electron chi connectivity index (χ2n) is 10.2. The molecule has 172 valence electrons. The molecule has 9 heteroatoms. The standard InChI is InChI=1S/C22H34FN3O4Si/c1-21(2,3)31(5,6)30-17-10-11-26(14-17)25-19(27)22(4,18-13-24-20(28)29-18)15-8-7-9-16(23)12-15/h7-9,12,17-18H,10-11,13-14H2,1-6H3,(H,24,28)(H,25,27). The van der Waals surface area contributed by atoms with Crippen molar-refractivity contribution < 1.29 is 23.1 Å². The van der Waals surface area contributed by atoms with Crippen molar-refractivity contribution in [3.63, 3.8) is 0 Å². The lowest BCUT2D eigenvalue weighted by Crippen LogP contribution is -2.56. The van der Waals surface area contributed by atoms with E-state index in [1.54, 1.807) is 19.1 Å². The molecule has 2 N–H and O–H groups in total. The van der Waals surface area contributed by atoms with Gasteiger partial charge in [-0.25, -0.2) is 14.2 Å². The number of benzene rings is 1. The minimum Gasteiger partial charge on any atom is -0.443 e. The van der Waals surface area contributed by atoms with Crippen molar-refractivity contribution >= 4 is 20.3 Å². The first-order chi connectivity index (χ1) is 14.3. The predicted molar refractivity (Wildman–Crippen MR) is 118 cm³/mol.